The van der Waals surface area contributed by atoms with Gasteiger partial charge in [0.25, 0.3) is 0 Å². The lowest BCUT2D eigenvalue weighted by Gasteiger charge is -2.18. The Balaban J connectivity index is 2.17. The van der Waals surface area contributed by atoms with Crippen LogP contribution in [0.2, 0.25) is 0 Å². The summed E-state index contributed by atoms with van der Waals surface area (Å²) in [5, 5.41) is 0. The molecule has 2 aromatic carbocycles. The van der Waals surface area contributed by atoms with Gasteiger partial charge in [0.2, 0.25) is 0 Å². The monoisotopic (exact) mass is 378 g/mol. The van der Waals surface area contributed by atoms with E-state index in [1.807, 2.05) is 62.3 Å². The highest BCUT2D eigenvalue weighted by atomic mass is 15.1. The van der Waals surface area contributed by atoms with Crippen molar-refractivity contribution < 1.29 is 12.8 Å². The van der Waals surface area contributed by atoms with E-state index in [1.54, 1.807) is 24.3 Å². The number of anilines is 2. The van der Waals surface area contributed by atoms with Crippen molar-refractivity contribution in [1.29, 1.82) is 0 Å². The first-order valence-corrected chi connectivity index (χ1v) is 9.12. The highest BCUT2D eigenvalue weighted by Gasteiger charge is 2.13. The van der Waals surface area contributed by atoms with E-state index in [0.717, 1.165) is 33.6 Å². The molecule has 0 fully saturated rings. The number of hydrogen-bond donors (Lipinski definition) is 0. The fourth-order valence-corrected chi connectivity index (χ4v) is 3.13. The quantitative estimate of drug-likeness (QED) is 0.727. The first-order valence-electron chi connectivity index (χ1n) is 12.1. The molecule has 0 radical (unpaired) electrons. The van der Waals surface area contributed by atoms with Crippen LogP contribution in [0, 0.1) is 0 Å². The molecule has 0 saturated carbocycles. The molecular formula is C25H30N3+. The van der Waals surface area contributed by atoms with Crippen molar-refractivity contribution in [2.75, 3.05) is 51.9 Å². The topological polar surface area (TPSA) is 9.49 Å². The lowest BCUT2D eigenvalue weighted by atomic mass is 9.90. The molecule has 3 heteroatoms. The molecule has 0 unspecified atom stereocenters. The lowest BCUT2D eigenvalue weighted by Crippen LogP contribution is -2.10. The molecule has 0 heterocycles. The van der Waals surface area contributed by atoms with Gasteiger partial charge in [0.15, 0.2) is 5.71 Å². The molecule has 28 heavy (non-hydrogen) atoms. The van der Waals surface area contributed by atoms with Crippen LogP contribution in [-0.2, 0) is 0 Å². The first-order chi connectivity index (χ1) is 15.8. The van der Waals surface area contributed by atoms with Crippen LogP contribution in [0.5, 0.6) is 0 Å². The third-order valence-electron chi connectivity index (χ3n) is 4.76. The maximum Gasteiger partial charge on any atom is 0.199 e. The largest absolute Gasteiger partial charge is 0.378 e. The Morgan fingerprint density at radius 1 is 0.679 bits per heavy atom. The van der Waals surface area contributed by atoms with Gasteiger partial charge in [0.05, 0.1) is 8.22 Å². The second kappa shape index (κ2) is 8.30. The van der Waals surface area contributed by atoms with Gasteiger partial charge < -0.3 is 9.80 Å². The van der Waals surface area contributed by atoms with E-state index in [2.05, 4.69) is 24.3 Å². The van der Waals surface area contributed by atoms with Crippen molar-refractivity contribution in [3.8, 4) is 0 Å². The number of nitrogens with zero attached hydrogens (tertiary/aromatic N) is 3. The van der Waals surface area contributed by atoms with E-state index in [9.17, 15) is 0 Å². The molecule has 144 valence electrons. The van der Waals surface area contributed by atoms with Crippen LogP contribution in [0.3, 0.4) is 0 Å². The Kier molecular flexibility index (Phi) is 3.90. The predicted octanol–water partition coefficient (Wildman–Crippen LogP) is 4.46. The fraction of sp³-hybridized carbons (Fsp3) is 0.240. The van der Waals surface area contributed by atoms with Gasteiger partial charge in [-0.3, -0.25) is 0 Å². The van der Waals surface area contributed by atoms with Crippen LogP contribution in [0.1, 0.15) is 19.4 Å². The summed E-state index contributed by atoms with van der Waals surface area (Å²) in [7, 11) is 7.94. The van der Waals surface area contributed by atoms with Gasteiger partial charge in [0.1, 0.15) is 14.0 Å². The van der Waals surface area contributed by atoms with Gasteiger partial charge in [-0.15, -0.1) is 0 Å². The summed E-state index contributed by atoms with van der Waals surface area (Å²) in [5.41, 5.74) is 6.10. The Hall–Kier alpha value is -3.07. The maximum absolute atomic E-state index is 7.68. The average Bonchev–Trinajstić information content (AvgIpc) is 2.74. The SMILES string of the molecule is [2H]C([2H])([2H])[N+](=C1C=CC(=C(c2ccc(N(C)C)cc2)c2ccc(N(C)C)cc2)C=C1)C([2H])([2H])[2H]. The Morgan fingerprint density at radius 2 is 1.11 bits per heavy atom. The summed E-state index contributed by atoms with van der Waals surface area (Å²) in [6, 6.07) is 16.4. The second-order valence-corrected chi connectivity index (χ2v) is 7.14. The van der Waals surface area contributed by atoms with Crippen LogP contribution in [0.15, 0.2) is 78.4 Å². The number of allylic oxidation sites excluding steroid dienone is 5. The number of rotatable bonds is 4. The van der Waals surface area contributed by atoms with E-state index in [0.29, 0.717) is 4.58 Å². The zero-order valence-corrected chi connectivity index (χ0v) is 16.8. The summed E-state index contributed by atoms with van der Waals surface area (Å²) >= 11 is 0. The molecule has 0 bridgehead atoms. The normalized spacial score (nSPS) is 17.0. The summed E-state index contributed by atoms with van der Waals surface area (Å²) in [4.78, 5) is 4.06. The minimum atomic E-state index is -2.79. The molecule has 0 spiro atoms. The zero-order chi connectivity index (χ0) is 25.3. The molecule has 0 N–H and O–H groups in total. The van der Waals surface area contributed by atoms with Crippen molar-refractivity contribution in [2.45, 2.75) is 0 Å². The van der Waals surface area contributed by atoms with Gasteiger partial charge in [-0.1, -0.05) is 24.3 Å². The van der Waals surface area contributed by atoms with Crippen LogP contribution in [-0.4, -0.2) is 52.4 Å². The smallest absolute Gasteiger partial charge is 0.199 e. The summed E-state index contributed by atoms with van der Waals surface area (Å²) < 4.78 is 46.6. The molecule has 0 aromatic heterocycles. The molecular weight excluding hydrogens is 342 g/mol. The molecule has 1 aliphatic carbocycles. The minimum Gasteiger partial charge on any atom is -0.378 e. The van der Waals surface area contributed by atoms with Crippen molar-refractivity contribution in [3.05, 3.63) is 89.5 Å². The molecule has 0 aliphatic heterocycles. The van der Waals surface area contributed by atoms with Crippen molar-refractivity contribution in [2.24, 2.45) is 0 Å². The molecule has 0 saturated heterocycles. The first kappa shape index (κ1) is 13.2. The number of hydrogen-bond acceptors (Lipinski definition) is 2. The third kappa shape index (κ3) is 4.25. The highest BCUT2D eigenvalue weighted by Crippen LogP contribution is 2.31. The van der Waals surface area contributed by atoms with Crippen LogP contribution >= 0.6 is 0 Å². The van der Waals surface area contributed by atoms with Crippen LogP contribution < -0.4 is 9.80 Å². The summed E-state index contributed by atoms with van der Waals surface area (Å²) in [5.74, 6) is 0. The standard InChI is InChI=1S/C25H30N3/c1-26(2)22-13-7-19(8-14-22)25(20-9-15-23(16-10-20)27(3)4)21-11-17-24(18-12-21)28(5)6/h7-18H,1-6H3/q+1/i1D3,2D3. The Labute approximate surface area is 177 Å². The van der Waals surface area contributed by atoms with Gasteiger partial charge in [-0.05, 0) is 58.7 Å². The van der Waals surface area contributed by atoms with E-state index in [-0.39, 0.29) is 5.71 Å². The number of benzene rings is 2. The average molecular weight is 379 g/mol. The second-order valence-electron chi connectivity index (χ2n) is 7.14. The lowest BCUT2D eigenvalue weighted by molar-refractivity contribution is -0.462. The van der Waals surface area contributed by atoms with E-state index in [4.69, 9.17) is 8.22 Å². The van der Waals surface area contributed by atoms with E-state index in [1.165, 1.54) is 0 Å². The van der Waals surface area contributed by atoms with Gasteiger partial charge >= 0.3 is 0 Å². The molecule has 3 nitrogen and oxygen atoms in total. The van der Waals surface area contributed by atoms with Crippen LogP contribution in [0.4, 0.5) is 11.4 Å². The highest BCUT2D eigenvalue weighted by molar-refractivity contribution is 6.04. The fourth-order valence-electron chi connectivity index (χ4n) is 3.13. The van der Waals surface area contributed by atoms with Gasteiger partial charge in [-0.25, -0.2) is 4.58 Å². The minimum absolute atomic E-state index is 0.119. The molecule has 0 amide bonds. The van der Waals surface area contributed by atoms with Crippen molar-refractivity contribution in [1.82, 2.24) is 0 Å². The summed E-state index contributed by atoms with van der Waals surface area (Å²) in [6.45, 7) is -5.58. The van der Waals surface area contributed by atoms with E-state index < -0.39 is 14.0 Å². The summed E-state index contributed by atoms with van der Waals surface area (Å²) in [6.07, 6.45) is 6.65. The van der Waals surface area contributed by atoms with Gasteiger partial charge in [0, 0.05) is 51.7 Å². The Morgan fingerprint density at radius 3 is 1.46 bits per heavy atom. The molecule has 1 aliphatic rings. The molecule has 3 rings (SSSR count). The Bertz CT molecular complexity index is 1060. The third-order valence-corrected chi connectivity index (χ3v) is 4.76. The molecule has 2 aromatic rings. The predicted molar refractivity (Wildman–Crippen MR) is 123 cm³/mol. The molecule has 0 atom stereocenters. The van der Waals surface area contributed by atoms with Crippen LogP contribution in [0.25, 0.3) is 5.57 Å². The van der Waals surface area contributed by atoms with Crippen molar-refractivity contribution in [3.63, 3.8) is 0 Å². The zero-order valence-electron chi connectivity index (χ0n) is 22.8. The van der Waals surface area contributed by atoms with E-state index >= 15 is 0 Å². The van der Waals surface area contributed by atoms with Crippen molar-refractivity contribution >= 4 is 22.7 Å². The van der Waals surface area contributed by atoms with Gasteiger partial charge in [-0.2, -0.15) is 0 Å². The maximum atomic E-state index is 7.68.